The van der Waals surface area contributed by atoms with E-state index in [-0.39, 0.29) is 16.7 Å². The summed E-state index contributed by atoms with van der Waals surface area (Å²) in [6.07, 6.45) is 1.95. The first-order chi connectivity index (χ1) is 9.32. The summed E-state index contributed by atoms with van der Waals surface area (Å²) < 4.78 is 39.5. The molecule has 2 rings (SSSR count). The molecule has 0 unspecified atom stereocenters. The number of rotatable bonds is 3. The lowest BCUT2D eigenvalue weighted by molar-refractivity contribution is -0.120. The van der Waals surface area contributed by atoms with Crippen LogP contribution in [-0.4, -0.2) is 31.6 Å². The number of aryl methyl sites for hydroxylation is 1. The standard InChI is InChI=1S/C14H18FNO3S/c1-10-9-11(15)3-8-14(10)20(18,19)16(2)12-4-6-13(17)7-5-12/h3,8-9,12H,4-7H2,1-2H3. The Morgan fingerprint density at radius 3 is 2.40 bits per heavy atom. The molecule has 1 aliphatic carbocycles. The maximum Gasteiger partial charge on any atom is 0.243 e. The molecule has 0 radical (unpaired) electrons. The van der Waals surface area contributed by atoms with Crippen LogP contribution in [0.25, 0.3) is 0 Å². The van der Waals surface area contributed by atoms with Gasteiger partial charge in [0, 0.05) is 25.9 Å². The lowest BCUT2D eigenvalue weighted by atomic mass is 9.95. The molecule has 0 atom stereocenters. The van der Waals surface area contributed by atoms with Crippen LogP contribution < -0.4 is 0 Å². The van der Waals surface area contributed by atoms with E-state index in [2.05, 4.69) is 0 Å². The first-order valence-electron chi connectivity index (χ1n) is 6.58. The highest BCUT2D eigenvalue weighted by Gasteiger charge is 2.31. The van der Waals surface area contributed by atoms with Gasteiger partial charge in [-0.3, -0.25) is 4.79 Å². The molecule has 0 amide bonds. The number of Topliss-reactive ketones (excluding diaryl/α,β-unsaturated/α-hetero) is 1. The number of benzene rings is 1. The summed E-state index contributed by atoms with van der Waals surface area (Å²) in [5.74, 6) is -0.266. The Morgan fingerprint density at radius 2 is 1.85 bits per heavy atom. The second kappa shape index (κ2) is 5.61. The average Bonchev–Trinajstić information content (AvgIpc) is 2.38. The monoisotopic (exact) mass is 299 g/mol. The minimum Gasteiger partial charge on any atom is -0.300 e. The summed E-state index contributed by atoms with van der Waals surface area (Å²) in [5, 5.41) is 0. The third kappa shape index (κ3) is 2.91. The molecule has 0 heterocycles. The molecular formula is C14H18FNO3S. The third-order valence-electron chi connectivity index (χ3n) is 3.82. The highest BCUT2D eigenvalue weighted by molar-refractivity contribution is 7.89. The van der Waals surface area contributed by atoms with Crippen molar-refractivity contribution in [3.63, 3.8) is 0 Å². The van der Waals surface area contributed by atoms with E-state index < -0.39 is 15.8 Å². The van der Waals surface area contributed by atoms with Crippen molar-refractivity contribution in [1.29, 1.82) is 0 Å². The van der Waals surface area contributed by atoms with Crippen LogP contribution in [0.5, 0.6) is 0 Å². The summed E-state index contributed by atoms with van der Waals surface area (Å²) in [5.41, 5.74) is 0.392. The van der Waals surface area contributed by atoms with Crippen LogP contribution in [0.3, 0.4) is 0 Å². The van der Waals surface area contributed by atoms with E-state index >= 15 is 0 Å². The fourth-order valence-electron chi connectivity index (χ4n) is 2.54. The number of sulfonamides is 1. The van der Waals surface area contributed by atoms with E-state index in [4.69, 9.17) is 0 Å². The first kappa shape index (κ1) is 15.1. The van der Waals surface area contributed by atoms with E-state index in [9.17, 15) is 17.6 Å². The lowest BCUT2D eigenvalue weighted by Crippen LogP contribution is -2.39. The van der Waals surface area contributed by atoms with Gasteiger partial charge in [0.15, 0.2) is 0 Å². The Labute approximate surface area is 118 Å². The highest BCUT2D eigenvalue weighted by Crippen LogP contribution is 2.26. The Bertz CT molecular complexity index is 617. The predicted octanol–water partition coefficient (Wildman–Crippen LogP) is 2.27. The molecule has 1 fully saturated rings. The fraction of sp³-hybridized carbons (Fsp3) is 0.500. The Balaban J connectivity index is 2.27. The minimum atomic E-state index is -3.65. The van der Waals surface area contributed by atoms with Crippen LogP contribution in [0, 0.1) is 12.7 Å². The molecule has 0 saturated heterocycles. The molecule has 0 spiro atoms. The Hall–Kier alpha value is -1.27. The van der Waals surface area contributed by atoms with Gasteiger partial charge in [0.2, 0.25) is 10.0 Å². The number of ketones is 1. The van der Waals surface area contributed by atoms with Crippen LogP contribution in [-0.2, 0) is 14.8 Å². The van der Waals surface area contributed by atoms with Crippen LogP contribution in [0.1, 0.15) is 31.2 Å². The van der Waals surface area contributed by atoms with Crippen molar-refractivity contribution in [2.24, 2.45) is 0 Å². The van der Waals surface area contributed by atoms with Gasteiger partial charge in [-0.15, -0.1) is 0 Å². The number of halogens is 1. The van der Waals surface area contributed by atoms with Gasteiger partial charge < -0.3 is 0 Å². The molecule has 0 aliphatic heterocycles. The lowest BCUT2D eigenvalue weighted by Gasteiger charge is -2.30. The van der Waals surface area contributed by atoms with Crippen molar-refractivity contribution in [3.8, 4) is 0 Å². The van der Waals surface area contributed by atoms with Crippen molar-refractivity contribution in [2.75, 3.05) is 7.05 Å². The molecular weight excluding hydrogens is 281 g/mol. The van der Waals surface area contributed by atoms with Crippen LogP contribution in [0.15, 0.2) is 23.1 Å². The third-order valence-corrected chi connectivity index (χ3v) is 5.89. The fourth-order valence-corrected chi connectivity index (χ4v) is 4.16. The van der Waals surface area contributed by atoms with Crippen molar-refractivity contribution < 1.29 is 17.6 Å². The topological polar surface area (TPSA) is 54.5 Å². The maximum atomic E-state index is 13.1. The first-order valence-corrected chi connectivity index (χ1v) is 8.02. The predicted molar refractivity (Wildman–Crippen MR) is 73.3 cm³/mol. The quantitative estimate of drug-likeness (QED) is 0.860. The van der Waals surface area contributed by atoms with E-state index in [0.29, 0.717) is 31.2 Å². The summed E-state index contributed by atoms with van der Waals surface area (Å²) >= 11 is 0. The largest absolute Gasteiger partial charge is 0.300 e. The average molecular weight is 299 g/mol. The molecule has 6 heteroatoms. The number of carbonyl (C=O) groups excluding carboxylic acids is 1. The Kier molecular flexibility index (Phi) is 4.25. The summed E-state index contributed by atoms with van der Waals surface area (Å²) in [6.45, 7) is 1.58. The molecule has 1 aromatic carbocycles. The summed E-state index contributed by atoms with van der Waals surface area (Å²) in [7, 11) is -2.12. The molecule has 1 aliphatic rings. The van der Waals surface area contributed by atoms with Crippen molar-refractivity contribution in [3.05, 3.63) is 29.6 Å². The van der Waals surface area contributed by atoms with Gasteiger partial charge in [0.05, 0.1) is 4.90 Å². The smallest absolute Gasteiger partial charge is 0.243 e. The van der Waals surface area contributed by atoms with Crippen molar-refractivity contribution in [1.82, 2.24) is 4.31 Å². The van der Waals surface area contributed by atoms with Gasteiger partial charge in [-0.25, -0.2) is 12.8 Å². The molecule has 110 valence electrons. The number of hydrogen-bond donors (Lipinski definition) is 0. The zero-order chi connectivity index (χ0) is 14.9. The second-order valence-corrected chi connectivity index (χ2v) is 7.17. The highest BCUT2D eigenvalue weighted by atomic mass is 32.2. The van der Waals surface area contributed by atoms with Crippen LogP contribution >= 0.6 is 0 Å². The molecule has 0 aromatic heterocycles. The summed E-state index contributed by atoms with van der Waals surface area (Å²) in [4.78, 5) is 11.4. The zero-order valence-corrected chi connectivity index (χ0v) is 12.4. The van der Waals surface area contributed by atoms with E-state index in [1.807, 2.05) is 0 Å². The second-order valence-electron chi connectivity index (χ2n) is 5.20. The molecule has 1 saturated carbocycles. The Morgan fingerprint density at radius 1 is 1.25 bits per heavy atom. The van der Waals surface area contributed by atoms with Gasteiger partial charge in [-0.1, -0.05) is 0 Å². The van der Waals surface area contributed by atoms with Crippen LogP contribution in [0.4, 0.5) is 4.39 Å². The molecule has 0 N–H and O–H groups in total. The SMILES string of the molecule is Cc1cc(F)ccc1S(=O)(=O)N(C)C1CCC(=O)CC1. The normalized spacial score (nSPS) is 17.7. The maximum absolute atomic E-state index is 13.1. The molecule has 1 aromatic rings. The van der Waals surface area contributed by atoms with Crippen molar-refractivity contribution >= 4 is 15.8 Å². The van der Waals surface area contributed by atoms with Crippen LogP contribution in [0.2, 0.25) is 0 Å². The number of carbonyl (C=O) groups is 1. The van der Waals surface area contributed by atoms with E-state index in [0.717, 1.165) is 6.07 Å². The van der Waals surface area contributed by atoms with Gasteiger partial charge in [0.25, 0.3) is 0 Å². The summed E-state index contributed by atoms with van der Waals surface area (Å²) in [6, 6.07) is 3.50. The van der Waals surface area contributed by atoms with Gasteiger partial charge in [0.1, 0.15) is 11.6 Å². The van der Waals surface area contributed by atoms with Gasteiger partial charge in [-0.2, -0.15) is 4.31 Å². The van der Waals surface area contributed by atoms with Crippen molar-refractivity contribution in [2.45, 2.75) is 43.5 Å². The molecule has 4 nitrogen and oxygen atoms in total. The minimum absolute atomic E-state index is 0.123. The van der Waals surface area contributed by atoms with E-state index in [1.54, 1.807) is 6.92 Å². The molecule has 20 heavy (non-hydrogen) atoms. The number of nitrogens with zero attached hydrogens (tertiary/aromatic N) is 1. The molecule has 0 bridgehead atoms. The van der Waals surface area contributed by atoms with E-state index in [1.165, 1.54) is 23.5 Å². The van der Waals surface area contributed by atoms with Gasteiger partial charge in [-0.05, 0) is 43.5 Å². The zero-order valence-electron chi connectivity index (χ0n) is 11.6. The number of hydrogen-bond acceptors (Lipinski definition) is 3. The van der Waals surface area contributed by atoms with Gasteiger partial charge >= 0.3 is 0 Å².